The van der Waals surface area contributed by atoms with Crippen molar-refractivity contribution in [1.82, 2.24) is 0 Å². The Balaban J connectivity index is 2.23. The third-order valence-corrected chi connectivity index (χ3v) is 4.91. The Kier molecular flexibility index (Phi) is 4.15. The highest BCUT2D eigenvalue weighted by Gasteiger charge is 2.28. The molecule has 2 aromatic rings. The molecule has 17 heavy (non-hydrogen) atoms. The zero-order valence-electron chi connectivity index (χ0n) is 9.08. The van der Waals surface area contributed by atoms with Crippen LogP contribution in [-0.2, 0) is 0 Å². The molecule has 2 heterocycles. The van der Waals surface area contributed by atoms with Crippen LogP contribution in [0.1, 0.15) is 19.3 Å². The lowest BCUT2D eigenvalue weighted by Crippen LogP contribution is -2.25. The van der Waals surface area contributed by atoms with Gasteiger partial charge in [0.25, 0.3) is 0 Å². The zero-order chi connectivity index (χ0) is 12.3. The van der Waals surface area contributed by atoms with Gasteiger partial charge in [-0.1, -0.05) is 12.1 Å². The average Bonchev–Trinajstić information content (AvgIpc) is 3.03. The summed E-state index contributed by atoms with van der Waals surface area (Å²) in [5.41, 5.74) is 0. The molecule has 0 N–H and O–H groups in total. The van der Waals surface area contributed by atoms with Crippen LogP contribution in [-0.4, -0.2) is 23.1 Å². The number of carbonyl (C=O) groups excluding carboxylic acids is 2. The molecular weight excluding hydrogens is 272 g/mol. The third-order valence-electron chi connectivity index (χ3n) is 2.24. The molecule has 0 unspecified atom stereocenters. The summed E-state index contributed by atoms with van der Waals surface area (Å²) in [5.74, 6) is -0.184. The Labute approximate surface area is 112 Å². The maximum Gasteiger partial charge on any atom is 0.193 e. The van der Waals surface area contributed by atoms with Crippen LogP contribution in [0.15, 0.2) is 35.0 Å². The summed E-state index contributed by atoms with van der Waals surface area (Å²) in [6.45, 7) is 0. The lowest BCUT2D eigenvalue weighted by Gasteiger charge is -2.09. The van der Waals surface area contributed by atoms with Crippen LogP contribution in [0, 0.1) is 0 Å². The molecular formula is C12H10O2S3. The molecule has 5 heteroatoms. The lowest BCUT2D eigenvalue weighted by molar-refractivity contribution is 0.0908. The van der Waals surface area contributed by atoms with Crippen molar-refractivity contribution in [3.8, 4) is 0 Å². The standard InChI is InChI=1S/C12H10O2S3/c1-15-12(10(13)8-4-2-6-16-8)11(14)9-5-3-7-17-9/h2-7,12H,1H3. The first-order valence-electron chi connectivity index (χ1n) is 4.92. The topological polar surface area (TPSA) is 34.1 Å². The minimum atomic E-state index is -0.618. The minimum Gasteiger partial charge on any atom is -0.291 e. The van der Waals surface area contributed by atoms with Crippen molar-refractivity contribution >= 4 is 46.0 Å². The van der Waals surface area contributed by atoms with Crippen LogP contribution in [0.3, 0.4) is 0 Å². The second-order valence-corrected chi connectivity index (χ2v) is 6.14. The molecule has 0 aromatic carbocycles. The van der Waals surface area contributed by atoms with Crippen molar-refractivity contribution in [2.24, 2.45) is 0 Å². The largest absolute Gasteiger partial charge is 0.291 e. The van der Waals surface area contributed by atoms with Crippen LogP contribution < -0.4 is 0 Å². The highest BCUT2D eigenvalue weighted by atomic mass is 32.2. The quantitative estimate of drug-likeness (QED) is 0.620. The molecule has 0 aliphatic rings. The summed E-state index contributed by atoms with van der Waals surface area (Å²) in [7, 11) is 0. The second kappa shape index (κ2) is 5.62. The zero-order valence-corrected chi connectivity index (χ0v) is 11.5. The van der Waals surface area contributed by atoms with Gasteiger partial charge in [0.15, 0.2) is 11.6 Å². The molecule has 0 saturated carbocycles. The van der Waals surface area contributed by atoms with Crippen molar-refractivity contribution in [2.75, 3.05) is 6.26 Å². The molecule has 0 radical (unpaired) electrons. The van der Waals surface area contributed by atoms with Gasteiger partial charge in [-0.2, -0.15) is 0 Å². The first kappa shape index (κ1) is 12.5. The van der Waals surface area contributed by atoms with Crippen molar-refractivity contribution in [2.45, 2.75) is 5.25 Å². The van der Waals surface area contributed by atoms with E-state index in [-0.39, 0.29) is 11.6 Å². The SMILES string of the molecule is CSC(C(=O)c1cccs1)C(=O)c1cccs1. The highest BCUT2D eigenvalue weighted by molar-refractivity contribution is 8.00. The average molecular weight is 282 g/mol. The van der Waals surface area contributed by atoms with Gasteiger partial charge in [0, 0.05) is 0 Å². The molecule has 0 saturated heterocycles. The Hall–Kier alpha value is -0.910. The first-order valence-corrected chi connectivity index (χ1v) is 7.97. The molecule has 2 nitrogen and oxygen atoms in total. The van der Waals surface area contributed by atoms with Crippen molar-refractivity contribution in [1.29, 1.82) is 0 Å². The number of Topliss-reactive ketones (excluding diaryl/α,β-unsaturated/α-hetero) is 2. The van der Waals surface area contributed by atoms with Gasteiger partial charge >= 0.3 is 0 Å². The number of carbonyl (C=O) groups is 2. The smallest absolute Gasteiger partial charge is 0.193 e. The summed E-state index contributed by atoms with van der Waals surface area (Å²) in [5, 5.41) is 3.08. The molecule has 0 bridgehead atoms. The molecule has 0 amide bonds. The van der Waals surface area contributed by atoms with E-state index in [0.717, 1.165) is 0 Å². The van der Waals surface area contributed by atoms with Gasteiger partial charge in [-0.15, -0.1) is 34.4 Å². The number of hydrogen-bond acceptors (Lipinski definition) is 5. The lowest BCUT2D eigenvalue weighted by atomic mass is 10.1. The van der Waals surface area contributed by atoms with Gasteiger partial charge in [0.05, 0.1) is 9.75 Å². The van der Waals surface area contributed by atoms with E-state index in [2.05, 4.69) is 0 Å². The number of hydrogen-bond donors (Lipinski definition) is 0. The Morgan fingerprint density at radius 2 is 1.53 bits per heavy atom. The van der Waals surface area contributed by atoms with Crippen molar-refractivity contribution in [3.05, 3.63) is 44.8 Å². The molecule has 0 spiro atoms. The van der Waals surface area contributed by atoms with E-state index >= 15 is 0 Å². The fourth-order valence-corrected chi connectivity index (χ4v) is 3.65. The molecule has 0 aliphatic heterocycles. The Morgan fingerprint density at radius 1 is 1.06 bits per heavy atom. The summed E-state index contributed by atoms with van der Waals surface area (Å²) in [4.78, 5) is 25.6. The van der Waals surface area contributed by atoms with E-state index in [9.17, 15) is 9.59 Å². The summed E-state index contributed by atoms with van der Waals surface area (Å²) in [6, 6.07) is 7.17. The summed E-state index contributed by atoms with van der Waals surface area (Å²) < 4.78 is 0. The van der Waals surface area contributed by atoms with Crippen molar-refractivity contribution < 1.29 is 9.59 Å². The van der Waals surface area contributed by atoms with E-state index in [4.69, 9.17) is 0 Å². The maximum absolute atomic E-state index is 12.1. The minimum absolute atomic E-state index is 0.0918. The molecule has 0 aliphatic carbocycles. The van der Waals surface area contributed by atoms with Gasteiger partial charge in [0.2, 0.25) is 0 Å². The summed E-state index contributed by atoms with van der Waals surface area (Å²) in [6.07, 6.45) is 1.79. The van der Waals surface area contributed by atoms with Crippen LogP contribution in [0.2, 0.25) is 0 Å². The van der Waals surface area contributed by atoms with Crippen LogP contribution in [0.4, 0.5) is 0 Å². The van der Waals surface area contributed by atoms with Gasteiger partial charge in [-0.25, -0.2) is 0 Å². The summed E-state index contributed by atoms with van der Waals surface area (Å²) >= 11 is 4.05. The van der Waals surface area contributed by atoms with Crippen LogP contribution >= 0.6 is 34.4 Å². The van der Waals surface area contributed by atoms with Crippen molar-refractivity contribution in [3.63, 3.8) is 0 Å². The Morgan fingerprint density at radius 3 is 1.82 bits per heavy atom. The molecule has 2 aromatic heterocycles. The van der Waals surface area contributed by atoms with E-state index in [0.29, 0.717) is 9.75 Å². The van der Waals surface area contributed by atoms with Gasteiger partial charge in [0.1, 0.15) is 5.25 Å². The van der Waals surface area contributed by atoms with Crippen LogP contribution in [0.25, 0.3) is 0 Å². The van der Waals surface area contributed by atoms with Gasteiger partial charge < -0.3 is 0 Å². The first-order chi connectivity index (χ1) is 8.24. The highest BCUT2D eigenvalue weighted by Crippen LogP contribution is 2.23. The number of thiophene rings is 2. The normalized spacial score (nSPS) is 10.7. The number of ketones is 2. The van der Waals surface area contributed by atoms with E-state index in [1.54, 1.807) is 18.4 Å². The van der Waals surface area contributed by atoms with Gasteiger partial charge in [-0.05, 0) is 29.1 Å². The monoisotopic (exact) mass is 282 g/mol. The second-order valence-electron chi connectivity index (χ2n) is 3.30. The fourth-order valence-electron chi connectivity index (χ4n) is 1.43. The maximum atomic E-state index is 12.1. The molecule has 88 valence electrons. The third kappa shape index (κ3) is 2.68. The molecule has 2 rings (SSSR count). The van der Waals surface area contributed by atoms with E-state index < -0.39 is 5.25 Å². The predicted molar refractivity (Wildman–Crippen MR) is 74.6 cm³/mol. The van der Waals surface area contributed by atoms with E-state index in [1.807, 2.05) is 22.9 Å². The van der Waals surface area contributed by atoms with Crippen LogP contribution in [0.5, 0.6) is 0 Å². The number of rotatable bonds is 5. The Bertz CT molecular complexity index is 454. The fraction of sp³-hybridized carbons (Fsp3) is 0.167. The van der Waals surface area contributed by atoms with E-state index in [1.165, 1.54) is 34.4 Å². The predicted octanol–water partition coefficient (Wildman–Crippen LogP) is 3.61. The molecule has 0 atom stereocenters. The number of thioether (sulfide) groups is 1. The molecule has 0 fully saturated rings. The van der Waals surface area contributed by atoms with Gasteiger partial charge in [-0.3, -0.25) is 9.59 Å².